The molecule has 22 heavy (non-hydrogen) atoms. The van der Waals surface area contributed by atoms with Crippen molar-refractivity contribution in [1.29, 1.82) is 0 Å². The SMILES string of the molecule is CC(C)(C)OC(=O)n1cccc1-c1ccccc1C(C)(F)F. The first-order chi connectivity index (χ1) is 10.1. The highest BCUT2D eigenvalue weighted by atomic mass is 19.3. The third-order valence-corrected chi connectivity index (χ3v) is 3.01. The lowest BCUT2D eigenvalue weighted by Gasteiger charge is -2.21. The van der Waals surface area contributed by atoms with Crippen molar-refractivity contribution in [2.24, 2.45) is 0 Å². The van der Waals surface area contributed by atoms with Crippen molar-refractivity contribution in [1.82, 2.24) is 4.57 Å². The first kappa shape index (κ1) is 16.2. The summed E-state index contributed by atoms with van der Waals surface area (Å²) in [5.41, 5.74) is -0.0944. The van der Waals surface area contributed by atoms with Crippen LogP contribution in [-0.4, -0.2) is 16.3 Å². The molecule has 3 nitrogen and oxygen atoms in total. The lowest BCUT2D eigenvalue weighted by molar-refractivity contribution is 0.0179. The van der Waals surface area contributed by atoms with Gasteiger partial charge in [-0.15, -0.1) is 0 Å². The Hall–Kier alpha value is -2.17. The largest absolute Gasteiger partial charge is 0.443 e. The molecule has 0 aliphatic rings. The normalized spacial score (nSPS) is 12.3. The minimum atomic E-state index is -3.00. The molecule has 0 saturated carbocycles. The lowest BCUT2D eigenvalue weighted by atomic mass is 10.00. The van der Waals surface area contributed by atoms with E-state index in [9.17, 15) is 13.6 Å². The molecule has 0 aliphatic carbocycles. The maximum absolute atomic E-state index is 13.8. The topological polar surface area (TPSA) is 31.2 Å². The molecule has 0 N–H and O–H groups in total. The molecule has 1 aromatic carbocycles. The second-order valence-electron chi connectivity index (χ2n) is 6.18. The molecule has 0 atom stereocenters. The van der Waals surface area contributed by atoms with E-state index in [1.54, 1.807) is 51.1 Å². The number of halogens is 2. The fraction of sp³-hybridized carbons (Fsp3) is 0.353. The van der Waals surface area contributed by atoms with Crippen LogP contribution in [0.1, 0.15) is 33.3 Å². The van der Waals surface area contributed by atoms with Crippen LogP contribution >= 0.6 is 0 Å². The fourth-order valence-electron chi connectivity index (χ4n) is 2.16. The third-order valence-electron chi connectivity index (χ3n) is 3.01. The summed E-state index contributed by atoms with van der Waals surface area (Å²) in [4.78, 5) is 12.2. The second kappa shape index (κ2) is 5.55. The van der Waals surface area contributed by atoms with Crippen molar-refractivity contribution in [3.63, 3.8) is 0 Å². The van der Waals surface area contributed by atoms with Gasteiger partial charge in [0.25, 0.3) is 5.92 Å². The molecule has 118 valence electrons. The number of carbonyl (C=O) groups is 1. The number of ether oxygens (including phenoxy) is 1. The molecule has 0 bridgehead atoms. The standard InChI is InChI=1S/C17H19F2NO2/c1-16(2,3)22-15(21)20-11-7-10-14(20)12-8-5-6-9-13(12)17(4,18)19/h5-11H,1-4H3. The van der Waals surface area contributed by atoms with Crippen molar-refractivity contribution in [3.8, 4) is 11.3 Å². The minimum Gasteiger partial charge on any atom is -0.443 e. The summed E-state index contributed by atoms with van der Waals surface area (Å²) in [6.45, 7) is 6.10. The molecule has 0 aliphatic heterocycles. The van der Waals surface area contributed by atoms with E-state index in [0.717, 1.165) is 6.92 Å². The summed E-state index contributed by atoms with van der Waals surface area (Å²) in [5.74, 6) is -3.00. The molecular weight excluding hydrogens is 288 g/mol. The Morgan fingerprint density at radius 2 is 1.68 bits per heavy atom. The Morgan fingerprint density at radius 1 is 1.05 bits per heavy atom. The predicted octanol–water partition coefficient (Wildman–Crippen LogP) is 5.05. The van der Waals surface area contributed by atoms with Gasteiger partial charge in [0.1, 0.15) is 5.60 Å². The average molecular weight is 307 g/mol. The summed E-state index contributed by atoms with van der Waals surface area (Å²) in [7, 11) is 0. The summed E-state index contributed by atoms with van der Waals surface area (Å²) < 4.78 is 34.1. The van der Waals surface area contributed by atoms with Crippen LogP contribution < -0.4 is 0 Å². The summed E-state index contributed by atoms with van der Waals surface area (Å²) >= 11 is 0. The predicted molar refractivity (Wildman–Crippen MR) is 81.1 cm³/mol. The van der Waals surface area contributed by atoms with Crippen LogP contribution in [0.25, 0.3) is 11.3 Å². The van der Waals surface area contributed by atoms with Crippen molar-refractivity contribution in [2.75, 3.05) is 0 Å². The van der Waals surface area contributed by atoms with Gasteiger partial charge in [0.2, 0.25) is 0 Å². The quantitative estimate of drug-likeness (QED) is 0.777. The van der Waals surface area contributed by atoms with E-state index < -0.39 is 17.6 Å². The van der Waals surface area contributed by atoms with E-state index in [2.05, 4.69) is 0 Å². The van der Waals surface area contributed by atoms with Gasteiger partial charge in [-0.1, -0.05) is 24.3 Å². The number of carbonyl (C=O) groups excluding carboxylic acids is 1. The van der Waals surface area contributed by atoms with Crippen LogP contribution in [-0.2, 0) is 10.7 Å². The van der Waals surface area contributed by atoms with Crippen molar-refractivity contribution < 1.29 is 18.3 Å². The van der Waals surface area contributed by atoms with Crippen LogP contribution in [0.3, 0.4) is 0 Å². The molecule has 0 amide bonds. The van der Waals surface area contributed by atoms with Gasteiger partial charge >= 0.3 is 6.09 Å². The molecule has 1 aromatic heterocycles. The van der Waals surface area contributed by atoms with Crippen LogP contribution in [0.5, 0.6) is 0 Å². The van der Waals surface area contributed by atoms with Gasteiger partial charge in [-0.05, 0) is 32.9 Å². The Morgan fingerprint density at radius 3 is 2.27 bits per heavy atom. The number of alkyl halides is 2. The molecule has 0 fully saturated rings. The highest BCUT2D eigenvalue weighted by Gasteiger charge is 2.29. The van der Waals surface area contributed by atoms with E-state index >= 15 is 0 Å². The first-order valence-corrected chi connectivity index (χ1v) is 6.98. The molecule has 0 saturated heterocycles. The van der Waals surface area contributed by atoms with Crippen LogP contribution in [0.2, 0.25) is 0 Å². The van der Waals surface area contributed by atoms with Gasteiger partial charge in [0.05, 0.1) is 5.69 Å². The highest BCUT2D eigenvalue weighted by Crippen LogP contribution is 2.35. The van der Waals surface area contributed by atoms with Crippen LogP contribution in [0.15, 0.2) is 42.6 Å². The zero-order valence-electron chi connectivity index (χ0n) is 13.1. The Labute approximate surface area is 128 Å². The van der Waals surface area contributed by atoms with Crippen molar-refractivity contribution >= 4 is 6.09 Å². The Bertz CT molecular complexity index is 678. The van der Waals surface area contributed by atoms with Crippen molar-refractivity contribution in [3.05, 3.63) is 48.2 Å². The smallest absolute Gasteiger partial charge is 0.418 e. The number of rotatable bonds is 2. The molecule has 0 spiro atoms. The minimum absolute atomic E-state index is 0.126. The van der Waals surface area contributed by atoms with E-state index in [4.69, 9.17) is 4.74 Å². The maximum Gasteiger partial charge on any atom is 0.418 e. The van der Waals surface area contributed by atoms with Crippen LogP contribution in [0.4, 0.5) is 13.6 Å². The van der Waals surface area contributed by atoms with Gasteiger partial charge in [-0.3, -0.25) is 4.57 Å². The van der Waals surface area contributed by atoms with Crippen molar-refractivity contribution in [2.45, 2.75) is 39.2 Å². The van der Waals surface area contributed by atoms with Crippen LogP contribution in [0, 0.1) is 0 Å². The Balaban J connectivity index is 2.49. The second-order valence-corrected chi connectivity index (χ2v) is 6.18. The average Bonchev–Trinajstić information content (AvgIpc) is 2.84. The molecule has 0 unspecified atom stereocenters. The molecule has 2 aromatic rings. The Kier molecular flexibility index (Phi) is 4.09. The number of aromatic nitrogens is 1. The van der Waals surface area contributed by atoms with Gasteiger partial charge in [-0.25, -0.2) is 13.6 Å². The number of benzene rings is 1. The first-order valence-electron chi connectivity index (χ1n) is 6.98. The van der Waals surface area contributed by atoms with Gasteiger partial charge < -0.3 is 4.74 Å². The monoisotopic (exact) mass is 307 g/mol. The molecule has 2 rings (SSSR count). The zero-order chi connectivity index (χ0) is 16.5. The summed E-state index contributed by atoms with van der Waals surface area (Å²) in [6, 6.07) is 9.40. The number of nitrogens with zero attached hydrogens (tertiary/aromatic N) is 1. The van der Waals surface area contributed by atoms with Gasteiger partial charge in [0.15, 0.2) is 0 Å². The lowest BCUT2D eigenvalue weighted by Crippen LogP contribution is -2.27. The summed E-state index contributed by atoms with van der Waals surface area (Å²) in [6.07, 6.45) is 0.912. The van der Waals surface area contributed by atoms with Gasteiger partial charge in [-0.2, -0.15) is 0 Å². The third kappa shape index (κ3) is 3.53. The number of hydrogen-bond acceptors (Lipinski definition) is 2. The fourth-order valence-corrected chi connectivity index (χ4v) is 2.16. The summed E-state index contributed by atoms with van der Waals surface area (Å²) in [5, 5.41) is 0. The molecule has 1 heterocycles. The van der Waals surface area contributed by atoms with E-state index in [1.807, 2.05) is 0 Å². The van der Waals surface area contributed by atoms with E-state index in [1.165, 1.54) is 16.8 Å². The van der Waals surface area contributed by atoms with Gasteiger partial charge in [0, 0.05) is 24.2 Å². The molecular formula is C17H19F2NO2. The molecule has 5 heteroatoms. The zero-order valence-corrected chi connectivity index (χ0v) is 13.1. The highest BCUT2D eigenvalue weighted by molar-refractivity contribution is 5.80. The van der Waals surface area contributed by atoms with E-state index in [-0.39, 0.29) is 5.56 Å². The molecule has 0 radical (unpaired) electrons. The number of hydrogen-bond donors (Lipinski definition) is 0. The van der Waals surface area contributed by atoms with E-state index in [0.29, 0.717) is 11.3 Å². The maximum atomic E-state index is 13.8.